The van der Waals surface area contributed by atoms with Crippen molar-refractivity contribution >= 4 is 5.91 Å². The van der Waals surface area contributed by atoms with Crippen LogP contribution in [0.2, 0.25) is 0 Å². The summed E-state index contributed by atoms with van der Waals surface area (Å²) in [6.45, 7) is 1.82. The Morgan fingerprint density at radius 1 is 1.32 bits per heavy atom. The average Bonchev–Trinajstić information content (AvgIpc) is 3.25. The molecule has 1 saturated heterocycles. The second-order valence-electron chi connectivity index (χ2n) is 6.78. The lowest BCUT2D eigenvalue weighted by Crippen LogP contribution is -2.32. The summed E-state index contributed by atoms with van der Waals surface area (Å²) in [5, 5.41) is 10.0. The van der Waals surface area contributed by atoms with Crippen LogP contribution in [0.1, 0.15) is 58.9 Å². The van der Waals surface area contributed by atoms with Crippen LogP contribution < -0.4 is 0 Å². The van der Waals surface area contributed by atoms with Crippen LogP contribution in [-0.4, -0.2) is 33.5 Å². The van der Waals surface area contributed by atoms with Gasteiger partial charge in [0.25, 0.3) is 5.91 Å². The van der Waals surface area contributed by atoms with E-state index in [1.807, 2.05) is 0 Å². The molecule has 1 N–H and O–H groups in total. The zero-order chi connectivity index (χ0) is 17.7. The van der Waals surface area contributed by atoms with Crippen molar-refractivity contribution in [1.29, 1.82) is 0 Å². The highest BCUT2D eigenvalue weighted by Gasteiger charge is 2.39. The van der Waals surface area contributed by atoms with Crippen LogP contribution in [0.25, 0.3) is 0 Å². The number of oxazole rings is 1. The Morgan fingerprint density at radius 3 is 2.76 bits per heavy atom. The molecule has 1 saturated carbocycles. The number of rotatable bonds is 3. The molecule has 0 unspecified atom stereocenters. The summed E-state index contributed by atoms with van der Waals surface area (Å²) in [6.07, 6.45) is 1.55. The molecule has 2 aliphatic rings. The molecule has 2 heterocycles. The largest absolute Gasteiger partial charge is 0.435 e. The number of benzene rings is 1. The second-order valence-corrected chi connectivity index (χ2v) is 6.78. The van der Waals surface area contributed by atoms with Gasteiger partial charge < -0.3 is 14.4 Å². The summed E-state index contributed by atoms with van der Waals surface area (Å²) in [5.41, 5.74) is 0.959. The van der Waals surface area contributed by atoms with Crippen LogP contribution >= 0.6 is 0 Å². The molecule has 0 spiro atoms. The highest BCUT2D eigenvalue weighted by atomic mass is 19.2. The minimum absolute atomic E-state index is 0.112. The summed E-state index contributed by atoms with van der Waals surface area (Å²) in [5.74, 6) is -1.29. The number of amides is 1. The van der Waals surface area contributed by atoms with Crippen molar-refractivity contribution in [2.24, 2.45) is 0 Å². The van der Waals surface area contributed by atoms with E-state index in [1.54, 1.807) is 6.92 Å². The lowest BCUT2D eigenvalue weighted by Gasteiger charge is -2.24. The number of carbonyl (C=O) groups excluding carboxylic acids is 1. The number of hydrogen-bond donors (Lipinski definition) is 1. The van der Waals surface area contributed by atoms with Crippen LogP contribution in [0, 0.1) is 18.6 Å². The van der Waals surface area contributed by atoms with E-state index in [9.17, 15) is 18.7 Å². The topological polar surface area (TPSA) is 66.6 Å². The van der Waals surface area contributed by atoms with Crippen LogP contribution in [0.5, 0.6) is 0 Å². The van der Waals surface area contributed by atoms with Crippen molar-refractivity contribution in [2.75, 3.05) is 6.54 Å². The van der Waals surface area contributed by atoms with Crippen molar-refractivity contribution in [3.63, 3.8) is 0 Å². The maximum Gasteiger partial charge on any atom is 0.292 e. The zero-order valence-electron chi connectivity index (χ0n) is 13.7. The first-order valence-electron chi connectivity index (χ1n) is 8.35. The van der Waals surface area contributed by atoms with Gasteiger partial charge in [0.1, 0.15) is 0 Å². The predicted octanol–water partition coefficient (Wildman–Crippen LogP) is 3.09. The van der Waals surface area contributed by atoms with Gasteiger partial charge in [0, 0.05) is 12.5 Å². The lowest BCUT2D eigenvalue weighted by molar-refractivity contribution is 0.0680. The fourth-order valence-electron chi connectivity index (χ4n) is 3.32. The summed E-state index contributed by atoms with van der Waals surface area (Å²) < 4.78 is 32.4. The molecule has 132 valence electrons. The van der Waals surface area contributed by atoms with E-state index in [2.05, 4.69) is 4.98 Å². The van der Waals surface area contributed by atoms with Crippen molar-refractivity contribution in [3.8, 4) is 0 Å². The first-order chi connectivity index (χ1) is 11.9. The number of likely N-dealkylation sites (tertiary alicyclic amines) is 1. The second kappa shape index (κ2) is 5.91. The Kier molecular flexibility index (Phi) is 3.83. The number of aliphatic hydroxyl groups is 1. The monoisotopic (exact) mass is 348 g/mol. The molecule has 1 aromatic carbocycles. The Balaban J connectivity index is 1.64. The highest BCUT2D eigenvalue weighted by Crippen LogP contribution is 2.41. The van der Waals surface area contributed by atoms with Gasteiger partial charge >= 0.3 is 0 Å². The number of aliphatic hydroxyl groups excluding tert-OH is 1. The van der Waals surface area contributed by atoms with E-state index in [-0.39, 0.29) is 30.6 Å². The van der Waals surface area contributed by atoms with Gasteiger partial charge in [0.15, 0.2) is 17.5 Å². The predicted molar refractivity (Wildman–Crippen MR) is 84.0 cm³/mol. The highest BCUT2D eigenvalue weighted by molar-refractivity contribution is 5.93. The van der Waals surface area contributed by atoms with Gasteiger partial charge in [-0.2, -0.15) is 0 Å². The van der Waals surface area contributed by atoms with Gasteiger partial charge in [-0.3, -0.25) is 4.79 Å². The number of nitrogens with zero attached hydrogens (tertiary/aromatic N) is 2. The quantitative estimate of drug-likeness (QED) is 0.926. The Bertz CT molecular complexity index is 832. The SMILES string of the molecule is Cc1nc(C2CC2)oc1C(=O)N1C[C@H](O)C[C@H]1c1ccc(F)c(F)c1. The van der Waals surface area contributed by atoms with Crippen molar-refractivity contribution in [3.05, 3.63) is 52.7 Å². The van der Waals surface area contributed by atoms with Gasteiger partial charge in [-0.25, -0.2) is 13.8 Å². The summed E-state index contributed by atoms with van der Waals surface area (Å²) in [6, 6.07) is 3.00. The van der Waals surface area contributed by atoms with E-state index in [4.69, 9.17) is 4.42 Å². The number of carbonyl (C=O) groups is 1. The van der Waals surface area contributed by atoms with Gasteiger partial charge in [-0.1, -0.05) is 6.07 Å². The molecule has 4 rings (SSSR count). The molecule has 2 atom stereocenters. The number of aryl methyl sites for hydroxylation is 1. The maximum atomic E-state index is 13.6. The molecule has 2 aromatic rings. The molecule has 7 heteroatoms. The zero-order valence-corrected chi connectivity index (χ0v) is 13.7. The van der Waals surface area contributed by atoms with Crippen LogP contribution in [-0.2, 0) is 0 Å². The van der Waals surface area contributed by atoms with Gasteiger partial charge in [-0.15, -0.1) is 0 Å². The number of β-amino-alcohol motifs (C(OH)–C–C–N with tert-alkyl or cyclic N) is 1. The third-order valence-corrected chi connectivity index (χ3v) is 4.80. The minimum atomic E-state index is -0.974. The smallest absolute Gasteiger partial charge is 0.292 e. The number of aromatic nitrogens is 1. The van der Waals surface area contributed by atoms with E-state index in [0.717, 1.165) is 25.0 Å². The normalized spacial score (nSPS) is 23.3. The van der Waals surface area contributed by atoms with Crippen molar-refractivity contribution < 1.29 is 23.1 Å². The molecule has 1 aliphatic carbocycles. The molecule has 0 bridgehead atoms. The molecule has 1 aromatic heterocycles. The van der Waals surface area contributed by atoms with E-state index < -0.39 is 23.8 Å². The van der Waals surface area contributed by atoms with Crippen molar-refractivity contribution in [2.45, 2.75) is 44.2 Å². The third-order valence-electron chi connectivity index (χ3n) is 4.80. The first kappa shape index (κ1) is 16.2. The average molecular weight is 348 g/mol. The van der Waals surface area contributed by atoms with Crippen LogP contribution in [0.3, 0.4) is 0 Å². The molecule has 1 aliphatic heterocycles. The van der Waals surface area contributed by atoms with Crippen molar-refractivity contribution in [1.82, 2.24) is 9.88 Å². The van der Waals surface area contributed by atoms with Gasteiger partial charge in [-0.05, 0) is 43.9 Å². The molecular weight excluding hydrogens is 330 g/mol. The first-order valence-corrected chi connectivity index (χ1v) is 8.35. The lowest BCUT2D eigenvalue weighted by atomic mass is 10.0. The van der Waals surface area contributed by atoms with E-state index in [1.165, 1.54) is 11.0 Å². The standard InChI is InChI=1S/C18H18F2N2O3/c1-9-16(25-17(21-9)10-2-3-10)18(24)22-8-12(23)7-15(22)11-4-5-13(19)14(20)6-11/h4-6,10,12,15,23H,2-3,7-8H2,1H3/t12-,15+/m1/s1. The van der Waals surface area contributed by atoms with Crippen LogP contribution in [0.15, 0.2) is 22.6 Å². The molecule has 1 amide bonds. The number of hydrogen-bond acceptors (Lipinski definition) is 4. The summed E-state index contributed by atoms with van der Waals surface area (Å²) in [4.78, 5) is 18.7. The Hall–Kier alpha value is -2.28. The third kappa shape index (κ3) is 2.93. The van der Waals surface area contributed by atoms with E-state index in [0.29, 0.717) is 17.1 Å². The van der Waals surface area contributed by atoms with Gasteiger partial charge in [0.05, 0.1) is 17.8 Å². The fraction of sp³-hybridized carbons (Fsp3) is 0.444. The molecule has 0 radical (unpaired) electrons. The van der Waals surface area contributed by atoms with Crippen LogP contribution in [0.4, 0.5) is 8.78 Å². The van der Waals surface area contributed by atoms with E-state index >= 15 is 0 Å². The molecule has 5 nitrogen and oxygen atoms in total. The minimum Gasteiger partial charge on any atom is -0.435 e. The molecule has 25 heavy (non-hydrogen) atoms. The number of halogens is 2. The Morgan fingerprint density at radius 2 is 2.08 bits per heavy atom. The fourth-order valence-corrected chi connectivity index (χ4v) is 3.32. The maximum absolute atomic E-state index is 13.6. The van der Waals surface area contributed by atoms with Gasteiger partial charge in [0.2, 0.25) is 5.76 Å². The summed E-state index contributed by atoms with van der Waals surface area (Å²) >= 11 is 0. The Labute approximate surface area is 143 Å². The molecule has 2 fully saturated rings. The molecular formula is C18H18F2N2O3. The summed E-state index contributed by atoms with van der Waals surface area (Å²) in [7, 11) is 0.